The van der Waals surface area contributed by atoms with Crippen LogP contribution in [0.3, 0.4) is 0 Å². The number of benzene rings is 2. The Bertz CT molecular complexity index is 1280. The first-order chi connectivity index (χ1) is 14.8. The lowest BCUT2D eigenvalue weighted by Gasteiger charge is -2.26. The smallest absolute Gasteiger partial charge is 0.317 e. The number of barbiturate groups is 1. The number of imide groups is 2. The highest BCUT2D eigenvalue weighted by molar-refractivity contribution is 9.10. The van der Waals surface area contributed by atoms with Crippen LogP contribution >= 0.6 is 15.9 Å². The van der Waals surface area contributed by atoms with Crippen LogP contribution in [0.1, 0.15) is 17.0 Å². The van der Waals surface area contributed by atoms with Crippen LogP contribution in [0.25, 0.3) is 11.8 Å². The molecule has 2 heterocycles. The molecule has 1 N–H and O–H groups in total. The number of rotatable bonds is 3. The molecule has 0 radical (unpaired) electrons. The van der Waals surface area contributed by atoms with Gasteiger partial charge >= 0.3 is 6.03 Å². The number of nitrogens with zero attached hydrogens (tertiary/aromatic N) is 2. The van der Waals surface area contributed by atoms with Crippen LogP contribution in [0.4, 0.5) is 14.9 Å². The number of nitrogens with one attached hydrogen (secondary N) is 1. The Labute approximate surface area is 186 Å². The number of aryl methyl sites for hydroxylation is 1. The molecular formula is C23H17BrFN3O3. The molecular weight excluding hydrogens is 465 g/mol. The molecule has 0 aliphatic carbocycles. The van der Waals surface area contributed by atoms with Gasteiger partial charge in [0, 0.05) is 15.9 Å². The SMILES string of the molecule is Cc1cc(/C=C2\C(=O)NC(=O)N(c3cccc(F)c3)C2=O)c(C)n1-c1ccccc1Br. The molecule has 3 aromatic rings. The summed E-state index contributed by atoms with van der Waals surface area (Å²) in [7, 11) is 0. The zero-order valence-corrected chi connectivity index (χ0v) is 18.2. The highest BCUT2D eigenvalue weighted by Gasteiger charge is 2.37. The van der Waals surface area contributed by atoms with Crippen LogP contribution < -0.4 is 10.2 Å². The molecule has 4 rings (SSSR count). The summed E-state index contributed by atoms with van der Waals surface area (Å²) in [4.78, 5) is 38.5. The lowest BCUT2D eigenvalue weighted by Crippen LogP contribution is -2.54. The number of anilines is 1. The van der Waals surface area contributed by atoms with E-state index < -0.39 is 23.7 Å². The fraction of sp³-hybridized carbons (Fsp3) is 0.0870. The number of hydrogen-bond acceptors (Lipinski definition) is 3. The van der Waals surface area contributed by atoms with Crippen molar-refractivity contribution in [1.29, 1.82) is 0 Å². The first-order valence-electron chi connectivity index (χ1n) is 9.39. The predicted octanol–water partition coefficient (Wildman–Crippen LogP) is 4.66. The van der Waals surface area contributed by atoms with Crippen molar-refractivity contribution in [2.75, 3.05) is 4.90 Å². The zero-order chi connectivity index (χ0) is 22.3. The van der Waals surface area contributed by atoms with E-state index in [9.17, 15) is 18.8 Å². The van der Waals surface area contributed by atoms with E-state index >= 15 is 0 Å². The van der Waals surface area contributed by atoms with Gasteiger partial charge in [0.2, 0.25) is 0 Å². The molecule has 6 nitrogen and oxygen atoms in total. The van der Waals surface area contributed by atoms with Gasteiger partial charge in [-0.15, -0.1) is 0 Å². The molecule has 0 atom stereocenters. The molecule has 31 heavy (non-hydrogen) atoms. The fourth-order valence-corrected chi connectivity index (χ4v) is 4.06. The summed E-state index contributed by atoms with van der Waals surface area (Å²) in [5.74, 6) is -2.21. The largest absolute Gasteiger partial charge is 0.335 e. The maximum Gasteiger partial charge on any atom is 0.335 e. The van der Waals surface area contributed by atoms with Gasteiger partial charge in [-0.25, -0.2) is 14.1 Å². The Morgan fingerprint density at radius 2 is 1.74 bits per heavy atom. The van der Waals surface area contributed by atoms with Gasteiger partial charge in [-0.3, -0.25) is 14.9 Å². The molecule has 1 aromatic heterocycles. The van der Waals surface area contributed by atoms with E-state index in [0.717, 1.165) is 32.5 Å². The predicted molar refractivity (Wildman–Crippen MR) is 118 cm³/mol. The molecule has 2 aromatic carbocycles. The van der Waals surface area contributed by atoms with Crippen LogP contribution in [0.5, 0.6) is 0 Å². The molecule has 1 saturated heterocycles. The first-order valence-corrected chi connectivity index (χ1v) is 10.2. The van der Waals surface area contributed by atoms with E-state index in [1.165, 1.54) is 24.3 Å². The number of carbonyl (C=O) groups excluding carboxylic acids is 3. The molecule has 8 heteroatoms. The van der Waals surface area contributed by atoms with Gasteiger partial charge in [0.25, 0.3) is 11.8 Å². The third-order valence-corrected chi connectivity index (χ3v) is 5.70. The minimum absolute atomic E-state index is 0.0413. The van der Waals surface area contributed by atoms with Gasteiger partial charge in [0.1, 0.15) is 11.4 Å². The number of halogens is 2. The quantitative estimate of drug-likeness (QED) is 0.436. The molecule has 0 spiro atoms. The van der Waals surface area contributed by atoms with Crippen molar-refractivity contribution in [3.8, 4) is 5.69 Å². The van der Waals surface area contributed by atoms with E-state index in [-0.39, 0.29) is 11.3 Å². The highest BCUT2D eigenvalue weighted by Crippen LogP contribution is 2.29. The van der Waals surface area contributed by atoms with Crippen molar-refractivity contribution in [2.45, 2.75) is 13.8 Å². The fourth-order valence-electron chi connectivity index (χ4n) is 3.60. The Kier molecular flexibility index (Phi) is 5.32. The van der Waals surface area contributed by atoms with Crippen LogP contribution in [0.15, 0.2) is 64.6 Å². The lowest BCUT2D eigenvalue weighted by molar-refractivity contribution is -0.122. The Hall–Kier alpha value is -3.52. The van der Waals surface area contributed by atoms with Crippen molar-refractivity contribution in [2.24, 2.45) is 0 Å². The van der Waals surface area contributed by atoms with Crippen molar-refractivity contribution < 1.29 is 18.8 Å². The minimum Gasteiger partial charge on any atom is -0.317 e. The maximum atomic E-state index is 13.6. The van der Waals surface area contributed by atoms with Crippen molar-refractivity contribution >= 4 is 45.5 Å². The van der Waals surface area contributed by atoms with Gasteiger partial charge in [0.05, 0.1) is 11.4 Å². The first kappa shape index (κ1) is 20.7. The van der Waals surface area contributed by atoms with Gasteiger partial charge < -0.3 is 4.57 Å². The standard InChI is InChI=1S/C23H17BrFN3O3/c1-13-10-15(14(2)27(13)20-9-4-3-8-19(20)24)11-18-21(29)26-23(31)28(22(18)30)17-7-5-6-16(25)12-17/h3-12H,1-2H3,(H,26,29,31)/b18-11+. The number of hydrogen-bond donors (Lipinski definition) is 1. The van der Waals surface area contributed by atoms with Gasteiger partial charge in [-0.2, -0.15) is 0 Å². The van der Waals surface area contributed by atoms with E-state index in [1.54, 1.807) is 0 Å². The second-order valence-electron chi connectivity index (χ2n) is 7.05. The topological polar surface area (TPSA) is 71.4 Å². The Morgan fingerprint density at radius 1 is 1.00 bits per heavy atom. The molecule has 0 saturated carbocycles. The van der Waals surface area contributed by atoms with Crippen LogP contribution in [-0.2, 0) is 9.59 Å². The number of carbonyl (C=O) groups is 3. The van der Waals surface area contributed by atoms with Crippen LogP contribution in [0, 0.1) is 19.7 Å². The van der Waals surface area contributed by atoms with Gasteiger partial charge in [-0.1, -0.05) is 18.2 Å². The molecule has 1 fully saturated rings. The number of aromatic nitrogens is 1. The molecule has 0 unspecified atom stereocenters. The van der Waals surface area contributed by atoms with E-state index in [4.69, 9.17) is 0 Å². The Morgan fingerprint density at radius 3 is 2.45 bits per heavy atom. The minimum atomic E-state index is -0.920. The summed E-state index contributed by atoms with van der Waals surface area (Å²) in [6, 6.07) is 13.7. The maximum absolute atomic E-state index is 13.6. The van der Waals surface area contributed by atoms with E-state index in [1.807, 2.05) is 48.7 Å². The number of amides is 4. The number of para-hydroxylation sites is 1. The second-order valence-corrected chi connectivity index (χ2v) is 7.91. The molecule has 0 bridgehead atoms. The lowest BCUT2D eigenvalue weighted by atomic mass is 10.1. The average molecular weight is 482 g/mol. The van der Waals surface area contributed by atoms with Crippen LogP contribution in [-0.4, -0.2) is 22.4 Å². The molecule has 1 aliphatic heterocycles. The van der Waals surface area contributed by atoms with Crippen molar-refractivity contribution in [3.63, 3.8) is 0 Å². The molecule has 1 aliphatic rings. The normalized spacial score (nSPS) is 15.5. The molecule has 4 amide bonds. The van der Waals surface area contributed by atoms with Gasteiger partial charge in [-0.05, 0) is 77.8 Å². The second kappa shape index (κ2) is 7.96. The summed E-state index contributed by atoms with van der Waals surface area (Å²) in [6.45, 7) is 3.79. The zero-order valence-electron chi connectivity index (χ0n) is 16.6. The summed E-state index contributed by atoms with van der Waals surface area (Å²) >= 11 is 3.55. The summed E-state index contributed by atoms with van der Waals surface area (Å²) < 4.78 is 16.5. The van der Waals surface area contributed by atoms with E-state index in [0.29, 0.717) is 5.56 Å². The highest BCUT2D eigenvalue weighted by atomic mass is 79.9. The summed E-state index contributed by atoms with van der Waals surface area (Å²) in [6.07, 6.45) is 1.45. The average Bonchev–Trinajstić information content (AvgIpc) is 2.99. The number of urea groups is 1. The Balaban J connectivity index is 1.79. The van der Waals surface area contributed by atoms with E-state index in [2.05, 4.69) is 21.2 Å². The third kappa shape index (κ3) is 3.70. The third-order valence-electron chi connectivity index (χ3n) is 5.03. The molecule has 156 valence electrons. The van der Waals surface area contributed by atoms with Crippen molar-refractivity contribution in [1.82, 2.24) is 9.88 Å². The summed E-state index contributed by atoms with van der Waals surface area (Å²) in [5.41, 5.74) is 3.11. The summed E-state index contributed by atoms with van der Waals surface area (Å²) in [5, 5.41) is 2.15. The van der Waals surface area contributed by atoms with Gasteiger partial charge in [0.15, 0.2) is 0 Å². The monoisotopic (exact) mass is 481 g/mol. The van der Waals surface area contributed by atoms with Crippen LogP contribution in [0.2, 0.25) is 0 Å². The van der Waals surface area contributed by atoms with Crippen molar-refractivity contribution in [3.05, 3.63) is 87.4 Å².